The summed E-state index contributed by atoms with van der Waals surface area (Å²) in [6.07, 6.45) is -4.86. The number of nitrogens with two attached hydrogens (primary N) is 2. The zero-order chi connectivity index (χ0) is 15.6. The molecule has 1 saturated heterocycles. The third-order valence-electron chi connectivity index (χ3n) is 3.34. The summed E-state index contributed by atoms with van der Waals surface area (Å²) < 4.78 is 44.5. The summed E-state index contributed by atoms with van der Waals surface area (Å²) in [5.41, 5.74) is 9.32. The fourth-order valence-corrected chi connectivity index (χ4v) is 2.27. The lowest BCUT2D eigenvalue weighted by Crippen LogP contribution is -2.45. The fourth-order valence-electron chi connectivity index (χ4n) is 2.27. The molecule has 1 heterocycles. The first-order valence-corrected chi connectivity index (χ1v) is 6.40. The molecule has 5 nitrogen and oxygen atoms in total. The Morgan fingerprint density at radius 1 is 1.43 bits per heavy atom. The quantitative estimate of drug-likeness (QED) is 0.872. The molecule has 0 aromatic heterocycles. The van der Waals surface area contributed by atoms with Crippen LogP contribution in [0, 0.1) is 0 Å². The smallest absolute Gasteiger partial charge is 0.373 e. The molecule has 1 aromatic carbocycles. The van der Waals surface area contributed by atoms with Crippen LogP contribution in [-0.2, 0) is 10.9 Å². The Kier molecular flexibility index (Phi) is 4.38. The molecule has 1 unspecified atom stereocenters. The minimum absolute atomic E-state index is 0.219. The van der Waals surface area contributed by atoms with Crippen molar-refractivity contribution in [3.8, 4) is 0 Å². The van der Waals surface area contributed by atoms with Crippen LogP contribution in [0.15, 0.2) is 18.2 Å². The Morgan fingerprint density at radius 2 is 2.14 bits per heavy atom. The van der Waals surface area contributed by atoms with Crippen LogP contribution in [0.4, 0.5) is 18.9 Å². The number of morpholine rings is 1. The van der Waals surface area contributed by atoms with E-state index in [1.165, 1.54) is 6.07 Å². The maximum atomic E-state index is 13.0. The third-order valence-corrected chi connectivity index (χ3v) is 3.34. The number of hydrogen-bond acceptors (Lipinski definition) is 4. The van der Waals surface area contributed by atoms with Gasteiger partial charge in [0.1, 0.15) is 0 Å². The minimum Gasteiger partial charge on any atom is -0.373 e. The molecule has 0 bridgehead atoms. The Labute approximate surface area is 119 Å². The van der Waals surface area contributed by atoms with Crippen LogP contribution in [0.1, 0.15) is 15.9 Å². The van der Waals surface area contributed by atoms with Gasteiger partial charge in [-0.2, -0.15) is 13.2 Å². The van der Waals surface area contributed by atoms with Gasteiger partial charge in [-0.3, -0.25) is 4.79 Å². The molecule has 0 spiro atoms. The van der Waals surface area contributed by atoms with E-state index in [2.05, 4.69) is 0 Å². The number of halogens is 3. The molecule has 4 N–H and O–H groups in total. The second-order valence-electron chi connectivity index (χ2n) is 4.77. The number of carbonyl (C=O) groups is 1. The standard InChI is InChI=1S/C13H16F3N3O2/c14-13(15,16)11-5-8(1-2-10(11)12(18)20)19-3-4-21-9(6-17)7-19/h1-2,5,9H,3-4,6-7,17H2,(H2,18,20). The molecule has 1 aromatic rings. The van der Waals surface area contributed by atoms with E-state index in [1.807, 2.05) is 0 Å². The number of alkyl halides is 3. The summed E-state index contributed by atoms with van der Waals surface area (Å²) in [5, 5.41) is 0. The lowest BCUT2D eigenvalue weighted by atomic mass is 10.0. The zero-order valence-electron chi connectivity index (χ0n) is 11.2. The molecule has 1 aliphatic rings. The van der Waals surface area contributed by atoms with Crippen molar-refractivity contribution in [2.24, 2.45) is 11.5 Å². The Balaban J connectivity index is 2.35. The van der Waals surface area contributed by atoms with Gasteiger partial charge in [0, 0.05) is 25.3 Å². The molecule has 1 amide bonds. The number of anilines is 1. The van der Waals surface area contributed by atoms with Crippen LogP contribution in [-0.4, -0.2) is 38.3 Å². The SMILES string of the molecule is NCC1CN(c2ccc(C(N)=O)c(C(F)(F)F)c2)CCO1. The zero-order valence-corrected chi connectivity index (χ0v) is 11.2. The van der Waals surface area contributed by atoms with Crippen molar-refractivity contribution in [2.45, 2.75) is 12.3 Å². The molecule has 0 aliphatic carbocycles. The second kappa shape index (κ2) is 5.90. The molecule has 1 fully saturated rings. The number of amides is 1. The molecular formula is C13H16F3N3O2. The Bertz CT molecular complexity index is 534. The summed E-state index contributed by atoms with van der Waals surface area (Å²) in [6.45, 7) is 1.55. The van der Waals surface area contributed by atoms with Crippen LogP contribution >= 0.6 is 0 Å². The molecule has 1 aliphatic heterocycles. The summed E-state index contributed by atoms with van der Waals surface area (Å²) in [5.74, 6) is -1.10. The number of hydrogen-bond donors (Lipinski definition) is 2. The largest absolute Gasteiger partial charge is 0.417 e. The normalized spacial score (nSPS) is 19.6. The maximum Gasteiger partial charge on any atom is 0.417 e. The van der Waals surface area contributed by atoms with Crippen molar-refractivity contribution in [1.82, 2.24) is 0 Å². The van der Waals surface area contributed by atoms with Crippen LogP contribution in [0.25, 0.3) is 0 Å². The van der Waals surface area contributed by atoms with Gasteiger partial charge in [0.15, 0.2) is 0 Å². The topological polar surface area (TPSA) is 81.6 Å². The van der Waals surface area contributed by atoms with Crippen molar-refractivity contribution < 1.29 is 22.7 Å². The highest BCUT2D eigenvalue weighted by molar-refractivity contribution is 5.95. The van der Waals surface area contributed by atoms with Gasteiger partial charge in [-0.1, -0.05) is 0 Å². The number of ether oxygens (including phenoxy) is 1. The lowest BCUT2D eigenvalue weighted by Gasteiger charge is -2.34. The number of rotatable bonds is 3. The van der Waals surface area contributed by atoms with E-state index in [9.17, 15) is 18.0 Å². The number of primary amides is 1. The monoisotopic (exact) mass is 303 g/mol. The lowest BCUT2D eigenvalue weighted by molar-refractivity contribution is -0.137. The first-order valence-electron chi connectivity index (χ1n) is 6.40. The highest BCUT2D eigenvalue weighted by Gasteiger charge is 2.35. The van der Waals surface area contributed by atoms with Crippen molar-refractivity contribution >= 4 is 11.6 Å². The summed E-state index contributed by atoms with van der Waals surface area (Å²) in [4.78, 5) is 12.9. The second-order valence-corrected chi connectivity index (χ2v) is 4.77. The van der Waals surface area contributed by atoms with E-state index >= 15 is 0 Å². The van der Waals surface area contributed by atoms with Gasteiger partial charge in [-0.05, 0) is 18.2 Å². The fraction of sp³-hybridized carbons (Fsp3) is 0.462. The van der Waals surface area contributed by atoms with Gasteiger partial charge in [-0.25, -0.2) is 0 Å². The van der Waals surface area contributed by atoms with Crippen LogP contribution < -0.4 is 16.4 Å². The maximum absolute atomic E-state index is 13.0. The van der Waals surface area contributed by atoms with E-state index in [-0.39, 0.29) is 6.10 Å². The number of nitrogens with zero attached hydrogens (tertiary/aromatic N) is 1. The molecule has 0 saturated carbocycles. The molecule has 1 atom stereocenters. The number of benzene rings is 1. The molecule has 8 heteroatoms. The summed E-state index contributed by atoms with van der Waals surface area (Å²) >= 11 is 0. The molecular weight excluding hydrogens is 287 g/mol. The van der Waals surface area contributed by atoms with Crippen molar-refractivity contribution in [1.29, 1.82) is 0 Å². The van der Waals surface area contributed by atoms with Crippen molar-refractivity contribution in [3.05, 3.63) is 29.3 Å². The van der Waals surface area contributed by atoms with Gasteiger partial charge < -0.3 is 21.1 Å². The summed E-state index contributed by atoms with van der Waals surface area (Å²) in [6, 6.07) is 3.50. The van der Waals surface area contributed by atoms with Gasteiger partial charge in [0.2, 0.25) is 5.91 Å². The average molecular weight is 303 g/mol. The Morgan fingerprint density at radius 3 is 2.71 bits per heavy atom. The predicted molar refractivity (Wildman–Crippen MR) is 71.0 cm³/mol. The third kappa shape index (κ3) is 3.45. The van der Waals surface area contributed by atoms with Crippen LogP contribution in [0.3, 0.4) is 0 Å². The minimum atomic E-state index is -4.64. The van der Waals surface area contributed by atoms with Gasteiger partial charge in [0.05, 0.1) is 23.8 Å². The van der Waals surface area contributed by atoms with E-state index in [4.69, 9.17) is 16.2 Å². The number of carbonyl (C=O) groups excluding carboxylic acids is 1. The van der Waals surface area contributed by atoms with Crippen LogP contribution in [0.2, 0.25) is 0 Å². The van der Waals surface area contributed by atoms with E-state index in [0.29, 0.717) is 31.9 Å². The molecule has 116 valence electrons. The first kappa shape index (κ1) is 15.6. The predicted octanol–water partition coefficient (Wildman–Crippen LogP) is 0.968. The highest BCUT2D eigenvalue weighted by atomic mass is 19.4. The summed E-state index contributed by atoms with van der Waals surface area (Å²) in [7, 11) is 0. The van der Waals surface area contributed by atoms with E-state index in [1.54, 1.807) is 4.90 Å². The van der Waals surface area contributed by atoms with E-state index < -0.39 is 23.2 Å². The van der Waals surface area contributed by atoms with Gasteiger partial charge in [-0.15, -0.1) is 0 Å². The van der Waals surface area contributed by atoms with Crippen molar-refractivity contribution in [3.63, 3.8) is 0 Å². The van der Waals surface area contributed by atoms with Gasteiger partial charge >= 0.3 is 6.18 Å². The highest BCUT2D eigenvalue weighted by Crippen LogP contribution is 2.34. The Hall–Kier alpha value is -1.80. The first-order chi connectivity index (χ1) is 9.82. The molecule has 2 rings (SSSR count). The van der Waals surface area contributed by atoms with Gasteiger partial charge in [0.25, 0.3) is 0 Å². The van der Waals surface area contributed by atoms with Crippen LogP contribution in [0.5, 0.6) is 0 Å². The van der Waals surface area contributed by atoms with E-state index in [0.717, 1.165) is 12.1 Å². The average Bonchev–Trinajstić information content (AvgIpc) is 2.45. The molecule has 0 radical (unpaired) electrons. The molecule has 21 heavy (non-hydrogen) atoms. The van der Waals surface area contributed by atoms with Crippen molar-refractivity contribution in [2.75, 3.05) is 31.1 Å².